The fraction of sp³-hybridized carbons (Fsp3) is 0.0588. The van der Waals surface area contributed by atoms with E-state index in [9.17, 15) is 0 Å². The van der Waals surface area contributed by atoms with Gasteiger partial charge in [0.15, 0.2) is 5.84 Å². The number of fused-ring (bicyclic) bond motifs is 9. The Balaban J connectivity index is 0.922. The van der Waals surface area contributed by atoms with Crippen molar-refractivity contribution >= 4 is 88.6 Å². The van der Waals surface area contributed by atoms with Crippen LogP contribution in [-0.4, -0.2) is 16.2 Å². The molecule has 0 saturated heterocycles. The number of allylic oxidation sites excluding steroid dienone is 1. The molecule has 2 aliphatic rings. The Labute approximate surface area is 332 Å². The van der Waals surface area contributed by atoms with Gasteiger partial charge >= 0.3 is 0 Å². The summed E-state index contributed by atoms with van der Waals surface area (Å²) < 4.78 is 10.4. The summed E-state index contributed by atoms with van der Waals surface area (Å²) in [5.41, 5.74) is 12.5. The van der Waals surface area contributed by atoms with Crippen LogP contribution in [0, 0.1) is 0 Å². The predicted molar refractivity (Wildman–Crippen MR) is 238 cm³/mol. The lowest BCUT2D eigenvalue weighted by Crippen LogP contribution is -2.33. The van der Waals surface area contributed by atoms with E-state index in [2.05, 4.69) is 143 Å². The van der Waals surface area contributed by atoms with E-state index in [4.69, 9.17) is 14.4 Å². The fourth-order valence-corrected chi connectivity index (χ4v) is 10.2. The van der Waals surface area contributed by atoms with E-state index >= 15 is 0 Å². The lowest BCUT2D eigenvalue weighted by molar-refractivity contribution is 0.668. The largest absolute Gasteiger partial charge is 0.456 e. The molecule has 1 unspecified atom stereocenters. The zero-order valence-corrected chi connectivity index (χ0v) is 31.6. The van der Waals surface area contributed by atoms with E-state index in [1.807, 2.05) is 47.7 Å². The average molecular weight is 751 g/mol. The Hall–Kier alpha value is -7.02. The molecular weight excluding hydrogens is 717 g/mol. The van der Waals surface area contributed by atoms with Crippen LogP contribution in [0.4, 0.5) is 0 Å². The number of rotatable bonds is 5. The molecule has 5 nitrogen and oxygen atoms in total. The van der Waals surface area contributed by atoms with Crippen LogP contribution < -0.4 is 5.32 Å². The summed E-state index contributed by atoms with van der Waals surface area (Å²) in [5, 5.41) is 9.72. The number of para-hydroxylation sites is 2. The second-order valence-corrected chi connectivity index (χ2v) is 15.9. The number of aliphatic imine (C=N–C) groups is 2. The molecule has 6 heteroatoms. The normalized spacial score (nSPS) is 15.5. The van der Waals surface area contributed by atoms with E-state index in [-0.39, 0.29) is 6.17 Å². The molecule has 1 aliphatic carbocycles. The summed E-state index contributed by atoms with van der Waals surface area (Å²) in [6, 6.07) is 57.9. The molecule has 57 heavy (non-hydrogen) atoms. The van der Waals surface area contributed by atoms with Gasteiger partial charge in [0.2, 0.25) is 0 Å². The van der Waals surface area contributed by atoms with E-state index in [1.165, 1.54) is 53.6 Å². The van der Waals surface area contributed by atoms with Gasteiger partial charge in [-0.2, -0.15) is 0 Å². The van der Waals surface area contributed by atoms with Gasteiger partial charge in [-0.1, -0.05) is 121 Å². The Morgan fingerprint density at radius 2 is 1.30 bits per heavy atom. The molecule has 1 atom stereocenters. The Morgan fingerprint density at radius 1 is 0.579 bits per heavy atom. The topological polar surface area (TPSA) is 54.8 Å². The number of hydrogen-bond donors (Lipinski definition) is 1. The van der Waals surface area contributed by atoms with Crippen LogP contribution in [0.2, 0.25) is 0 Å². The minimum absolute atomic E-state index is 0.255. The summed E-state index contributed by atoms with van der Waals surface area (Å²) in [6.45, 7) is 0. The maximum atomic E-state index is 6.56. The molecule has 0 radical (unpaired) electrons. The van der Waals surface area contributed by atoms with Crippen molar-refractivity contribution in [3.8, 4) is 11.1 Å². The number of furan rings is 1. The molecule has 270 valence electrons. The average Bonchev–Trinajstić information content (AvgIpc) is 3.95. The van der Waals surface area contributed by atoms with Crippen molar-refractivity contribution in [2.75, 3.05) is 0 Å². The van der Waals surface area contributed by atoms with Crippen molar-refractivity contribution in [1.82, 2.24) is 9.88 Å². The van der Waals surface area contributed by atoms with Gasteiger partial charge in [0.25, 0.3) is 0 Å². The summed E-state index contributed by atoms with van der Waals surface area (Å²) in [5.74, 6) is 1.50. The third-order valence-corrected chi connectivity index (χ3v) is 12.8. The van der Waals surface area contributed by atoms with E-state index in [0.29, 0.717) is 5.84 Å². The molecule has 0 bridgehead atoms. The van der Waals surface area contributed by atoms with Gasteiger partial charge < -0.3 is 14.3 Å². The third kappa shape index (κ3) is 5.21. The van der Waals surface area contributed by atoms with Gasteiger partial charge in [-0.05, 0) is 89.0 Å². The minimum Gasteiger partial charge on any atom is -0.456 e. The standard InChI is InChI=1S/C51H34N4OS/c1-3-12-31(13-4-1)49-52-50(32-14-5-2-6-15-32)54-51(53-49)34-23-27-45-42(28-34)39-25-22-33(29-46(39)56-45)36-18-11-19-41-40-26-24-35(30-47(40)57-48(36)41)55-43-20-9-7-16-37(43)38-17-8-10-21-44(38)55/h1-23,25,27-30,49H,24,26H2,(H,52,53,54). The van der Waals surface area contributed by atoms with Crippen molar-refractivity contribution in [2.45, 2.75) is 19.0 Å². The number of nitrogens with zero attached hydrogens (tertiary/aromatic N) is 3. The zero-order chi connectivity index (χ0) is 37.5. The van der Waals surface area contributed by atoms with Crippen LogP contribution in [0.5, 0.6) is 0 Å². The van der Waals surface area contributed by atoms with Gasteiger partial charge in [0.1, 0.15) is 23.2 Å². The molecule has 0 saturated carbocycles. The van der Waals surface area contributed by atoms with Crippen LogP contribution in [-0.2, 0) is 6.42 Å². The van der Waals surface area contributed by atoms with Gasteiger partial charge in [0, 0.05) is 47.9 Å². The highest BCUT2D eigenvalue weighted by molar-refractivity contribution is 7.20. The number of aromatic nitrogens is 1. The zero-order valence-electron chi connectivity index (χ0n) is 30.8. The predicted octanol–water partition coefficient (Wildman–Crippen LogP) is 13.0. The molecule has 0 spiro atoms. The van der Waals surface area contributed by atoms with Crippen molar-refractivity contribution in [3.63, 3.8) is 0 Å². The summed E-state index contributed by atoms with van der Waals surface area (Å²) in [4.78, 5) is 11.4. The maximum absolute atomic E-state index is 6.56. The molecule has 4 heterocycles. The lowest BCUT2D eigenvalue weighted by Gasteiger charge is -2.23. The van der Waals surface area contributed by atoms with Crippen molar-refractivity contribution in [2.24, 2.45) is 9.98 Å². The monoisotopic (exact) mass is 750 g/mol. The number of hydrogen-bond acceptors (Lipinski definition) is 5. The molecule has 3 aromatic heterocycles. The first-order chi connectivity index (χ1) is 28.2. The Bertz CT molecular complexity index is 3270. The second-order valence-electron chi connectivity index (χ2n) is 14.9. The van der Waals surface area contributed by atoms with Crippen LogP contribution in [0.15, 0.2) is 178 Å². The van der Waals surface area contributed by atoms with Crippen LogP contribution in [0.3, 0.4) is 0 Å². The molecule has 12 rings (SSSR count). The number of nitrogens with one attached hydrogen (secondary N) is 1. The smallest absolute Gasteiger partial charge is 0.159 e. The van der Waals surface area contributed by atoms with E-state index in [0.717, 1.165) is 62.9 Å². The molecule has 10 aromatic rings. The highest BCUT2D eigenvalue weighted by atomic mass is 32.1. The summed E-state index contributed by atoms with van der Waals surface area (Å²) >= 11 is 1.91. The molecular formula is C51H34N4OS. The first kappa shape index (κ1) is 32.2. The van der Waals surface area contributed by atoms with Crippen molar-refractivity contribution in [3.05, 3.63) is 191 Å². The second kappa shape index (κ2) is 12.8. The fourth-order valence-electron chi connectivity index (χ4n) is 8.89. The number of thiophene rings is 1. The van der Waals surface area contributed by atoms with E-state index < -0.39 is 0 Å². The molecule has 1 aliphatic heterocycles. The van der Waals surface area contributed by atoms with Crippen LogP contribution in [0.1, 0.15) is 39.7 Å². The minimum atomic E-state index is -0.255. The number of benzene rings is 7. The van der Waals surface area contributed by atoms with Gasteiger partial charge in [-0.3, -0.25) is 0 Å². The molecule has 0 amide bonds. The number of aryl methyl sites for hydroxylation is 1. The van der Waals surface area contributed by atoms with Gasteiger partial charge in [0.05, 0.1) is 11.0 Å². The highest BCUT2D eigenvalue weighted by Crippen LogP contribution is 2.45. The maximum Gasteiger partial charge on any atom is 0.159 e. The van der Waals surface area contributed by atoms with Crippen molar-refractivity contribution < 1.29 is 4.42 Å². The quantitative estimate of drug-likeness (QED) is 0.190. The van der Waals surface area contributed by atoms with Crippen molar-refractivity contribution in [1.29, 1.82) is 0 Å². The lowest BCUT2D eigenvalue weighted by atomic mass is 9.96. The van der Waals surface area contributed by atoms with Gasteiger partial charge in [-0.15, -0.1) is 11.3 Å². The van der Waals surface area contributed by atoms with Crippen LogP contribution >= 0.6 is 11.3 Å². The van der Waals surface area contributed by atoms with E-state index in [1.54, 1.807) is 0 Å². The molecule has 7 aromatic carbocycles. The SMILES string of the molecule is C1=C(n2c3ccccc3c3ccccc32)CCc2c1sc1c(-c3ccc4c(c3)oc3ccc(C5=NC(c6ccccc6)=NC(c6ccccc6)N5)cc34)cccc21. The number of amidine groups is 2. The molecule has 1 N–H and O–H groups in total. The Morgan fingerprint density at radius 3 is 2.11 bits per heavy atom. The van der Waals surface area contributed by atoms with Crippen LogP contribution in [0.25, 0.3) is 76.7 Å². The first-order valence-electron chi connectivity index (χ1n) is 19.5. The first-order valence-corrected chi connectivity index (χ1v) is 20.3. The third-order valence-electron chi connectivity index (χ3n) is 11.6. The summed E-state index contributed by atoms with van der Waals surface area (Å²) in [6.07, 6.45) is 4.19. The highest BCUT2D eigenvalue weighted by Gasteiger charge is 2.24. The Kier molecular flexibility index (Phi) is 7.22. The molecule has 0 fully saturated rings. The summed E-state index contributed by atoms with van der Waals surface area (Å²) in [7, 11) is 0. The van der Waals surface area contributed by atoms with Gasteiger partial charge in [-0.25, -0.2) is 9.98 Å².